The van der Waals surface area contributed by atoms with Crippen LogP contribution >= 0.6 is 0 Å². The van der Waals surface area contributed by atoms with Gasteiger partial charge in [-0.15, -0.1) is 0 Å². The molecule has 0 aromatic rings. The predicted octanol–water partition coefficient (Wildman–Crippen LogP) is 0.133. The van der Waals surface area contributed by atoms with E-state index in [0.29, 0.717) is 11.3 Å². The average Bonchev–Trinajstić information content (AvgIpc) is 2.34. The minimum atomic E-state index is -5.05. The fourth-order valence-electron chi connectivity index (χ4n) is 1.98. The molecular weight excluding hydrogens is 291 g/mol. The van der Waals surface area contributed by atoms with Gasteiger partial charge in [-0.05, 0) is 20.8 Å². The van der Waals surface area contributed by atoms with Gasteiger partial charge >= 0.3 is 12.1 Å². The summed E-state index contributed by atoms with van der Waals surface area (Å²) in [5.74, 6) is -2.78. The molecule has 0 bridgehead atoms. The van der Waals surface area contributed by atoms with Gasteiger partial charge in [-0.3, -0.25) is 14.4 Å². The van der Waals surface area contributed by atoms with Crippen LogP contribution in [0, 0.1) is 0 Å². The quantitative estimate of drug-likeness (QED) is 0.737. The van der Waals surface area contributed by atoms with Crippen LogP contribution in [0.15, 0.2) is 0 Å². The molecule has 1 aliphatic heterocycles. The molecule has 1 heterocycles. The lowest BCUT2D eigenvalue weighted by Gasteiger charge is -2.40. The summed E-state index contributed by atoms with van der Waals surface area (Å²) < 4.78 is 37.7. The number of rotatable bonds is 2. The van der Waals surface area contributed by atoms with E-state index in [2.05, 4.69) is 5.32 Å². The maximum absolute atomic E-state index is 12.6. The van der Waals surface area contributed by atoms with Gasteiger partial charge in [0.2, 0.25) is 12.3 Å². The number of hydrogen-bond acceptors (Lipinski definition) is 3. The maximum Gasteiger partial charge on any atom is 0.471 e. The van der Waals surface area contributed by atoms with Crippen molar-refractivity contribution in [2.75, 3.05) is 19.6 Å². The van der Waals surface area contributed by atoms with Gasteiger partial charge < -0.3 is 15.1 Å². The van der Waals surface area contributed by atoms with Gasteiger partial charge in [0.15, 0.2) is 0 Å². The Morgan fingerprint density at radius 1 is 1.19 bits per heavy atom. The van der Waals surface area contributed by atoms with Gasteiger partial charge in [0.05, 0.1) is 0 Å². The number of carbonyl (C=O) groups excluding carboxylic acids is 3. The molecule has 1 aliphatic rings. The molecule has 1 atom stereocenters. The van der Waals surface area contributed by atoms with Crippen molar-refractivity contribution in [3.63, 3.8) is 0 Å². The first-order valence-electron chi connectivity index (χ1n) is 6.35. The Balaban J connectivity index is 2.97. The minimum absolute atomic E-state index is 0.0371. The zero-order valence-electron chi connectivity index (χ0n) is 12.0. The van der Waals surface area contributed by atoms with Gasteiger partial charge in [-0.2, -0.15) is 13.2 Å². The van der Waals surface area contributed by atoms with E-state index in [-0.39, 0.29) is 19.6 Å². The van der Waals surface area contributed by atoms with E-state index in [1.807, 2.05) is 0 Å². The first-order chi connectivity index (χ1) is 9.45. The van der Waals surface area contributed by atoms with Crippen LogP contribution in [0.5, 0.6) is 0 Å². The predicted molar refractivity (Wildman–Crippen MR) is 67.1 cm³/mol. The molecule has 0 aromatic heterocycles. The van der Waals surface area contributed by atoms with E-state index in [4.69, 9.17) is 0 Å². The Labute approximate surface area is 120 Å². The summed E-state index contributed by atoms with van der Waals surface area (Å²) in [6.07, 6.45) is -4.60. The zero-order chi connectivity index (χ0) is 16.4. The summed E-state index contributed by atoms with van der Waals surface area (Å²) in [6, 6.07) is -1.35. The van der Waals surface area contributed by atoms with Crippen LogP contribution in [0.3, 0.4) is 0 Å². The second kappa shape index (κ2) is 5.90. The Morgan fingerprint density at radius 3 is 2.19 bits per heavy atom. The number of piperazine rings is 1. The van der Waals surface area contributed by atoms with E-state index in [1.165, 1.54) is 4.90 Å². The average molecular weight is 309 g/mol. The van der Waals surface area contributed by atoms with Crippen molar-refractivity contribution >= 4 is 18.2 Å². The summed E-state index contributed by atoms with van der Waals surface area (Å²) in [5, 5.41) is 2.53. The second-order valence-corrected chi connectivity index (χ2v) is 5.85. The van der Waals surface area contributed by atoms with Crippen molar-refractivity contribution in [1.29, 1.82) is 0 Å². The highest BCUT2D eigenvalue weighted by atomic mass is 19.4. The number of amides is 3. The first-order valence-corrected chi connectivity index (χ1v) is 6.35. The van der Waals surface area contributed by atoms with Gasteiger partial charge in [0.1, 0.15) is 6.04 Å². The Morgan fingerprint density at radius 2 is 1.76 bits per heavy atom. The molecule has 0 radical (unpaired) electrons. The molecule has 0 spiro atoms. The molecule has 0 aliphatic carbocycles. The third kappa shape index (κ3) is 4.61. The summed E-state index contributed by atoms with van der Waals surface area (Å²) >= 11 is 0. The summed E-state index contributed by atoms with van der Waals surface area (Å²) in [4.78, 5) is 35.9. The van der Waals surface area contributed by atoms with Crippen LogP contribution in [0.1, 0.15) is 20.8 Å². The molecule has 3 amide bonds. The molecule has 21 heavy (non-hydrogen) atoms. The van der Waals surface area contributed by atoms with E-state index in [1.54, 1.807) is 20.8 Å². The second-order valence-electron chi connectivity index (χ2n) is 5.85. The van der Waals surface area contributed by atoms with Crippen LogP contribution in [0.4, 0.5) is 13.2 Å². The topological polar surface area (TPSA) is 69.7 Å². The smallest absolute Gasteiger partial charge is 0.350 e. The lowest BCUT2D eigenvalue weighted by Crippen LogP contribution is -2.63. The lowest BCUT2D eigenvalue weighted by atomic mass is 10.1. The third-order valence-corrected chi connectivity index (χ3v) is 2.87. The lowest BCUT2D eigenvalue weighted by molar-refractivity contribution is -0.190. The largest absolute Gasteiger partial charge is 0.471 e. The van der Waals surface area contributed by atoms with Crippen molar-refractivity contribution in [3.8, 4) is 0 Å². The monoisotopic (exact) mass is 309 g/mol. The van der Waals surface area contributed by atoms with E-state index < -0.39 is 29.6 Å². The van der Waals surface area contributed by atoms with Crippen LogP contribution in [-0.4, -0.2) is 65.4 Å². The van der Waals surface area contributed by atoms with Gasteiger partial charge in [0, 0.05) is 25.2 Å². The van der Waals surface area contributed by atoms with Crippen LogP contribution in [0.25, 0.3) is 0 Å². The molecule has 0 saturated carbocycles. The highest BCUT2D eigenvalue weighted by molar-refractivity contribution is 5.90. The molecule has 1 saturated heterocycles. The summed E-state index contributed by atoms with van der Waals surface area (Å²) in [6.45, 7) is 4.38. The number of hydrogen-bond donors (Lipinski definition) is 1. The van der Waals surface area contributed by atoms with Gasteiger partial charge in [-0.1, -0.05) is 0 Å². The molecule has 0 aromatic carbocycles. The van der Waals surface area contributed by atoms with Crippen LogP contribution < -0.4 is 5.32 Å². The highest BCUT2D eigenvalue weighted by Gasteiger charge is 2.48. The standard InChI is InChI=1S/C12H18F3N3O3/c1-11(2,3)16-9(20)8-6-17(7-19)4-5-18(8)10(21)12(13,14)15/h7-8H,4-6H2,1-3H3,(H,16,20)/t8-/m0/s1. The van der Waals surface area contributed by atoms with E-state index in [0.717, 1.165) is 0 Å². The number of nitrogens with one attached hydrogen (secondary N) is 1. The fourth-order valence-corrected chi connectivity index (χ4v) is 1.98. The molecule has 9 heteroatoms. The number of nitrogens with zero attached hydrogens (tertiary/aromatic N) is 2. The van der Waals surface area contributed by atoms with E-state index >= 15 is 0 Å². The molecule has 120 valence electrons. The molecule has 1 fully saturated rings. The number of carbonyl (C=O) groups is 3. The molecule has 6 nitrogen and oxygen atoms in total. The van der Waals surface area contributed by atoms with Gasteiger partial charge in [-0.25, -0.2) is 0 Å². The first kappa shape index (κ1) is 17.3. The third-order valence-electron chi connectivity index (χ3n) is 2.87. The molecule has 1 rings (SSSR count). The number of halogens is 3. The van der Waals surface area contributed by atoms with Crippen molar-refractivity contribution in [2.45, 2.75) is 38.5 Å². The Bertz CT molecular complexity index is 432. The van der Waals surface area contributed by atoms with Crippen LogP contribution in [-0.2, 0) is 14.4 Å². The maximum atomic E-state index is 12.6. The Hall–Kier alpha value is -1.80. The molecule has 0 unspecified atom stereocenters. The molecular formula is C12H18F3N3O3. The summed E-state index contributed by atoms with van der Waals surface area (Å²) in [7, 11) is 0. The van der Waals surface area contributed by atoms with Crippen molar-refractivity contribution in [1.82, 2.24) is 15.1 Å². The van der Waals surface area contributed by atoms with Crippen molar-refractivity contribution < 1.29 is 27.6 Å². The van der Waals surface area contributed by atoms with E-state index in [9.17, 15) is 27.6 Å². The Kier molecular flexibility index (Phi) is 4.85. The van der Waals surface area contributed by atoms with Crippen molar-refractivity contribution in [3.05, 3.63) is 0 Å². The molecule has 1 N–H and O–H groups in total. The highest BCUT2D eigenvalue weighted by Crippen LogP contribution is 2.22. The SMILES string of the molecule is CC(C)(C)NC(=O)[C@@H]1CN(C=O)CCN1C(=O)C(F)(F)F. The van der Waals surface area contributed by atoms with Crippen LogP contribution in [0.2, 0.25) is 0 Å². The minimum Gasteiger partial charge on any atom is -0.350 e. The fraction of sp³-hybridized carbons (Fsp3) is 0.750. The number of alkyl halides is 3. The normalized spacial score (nSPS) is 20.2. The summed E-state index contributed by atoms with van der Waals surface area (Å²) in [5.41, 5.74) is -0.659. The van der Waals surface area contributed by atoms with Crippen molar-refractivity contribution in [2.24, 2.45) is 0 Å². The van der Waals surface area contributed by atoms with Gasteiger partial charge in [0.25, 0.3) is 0 Å². The zero-order valence-corrected chi connectivity index (χ0v) is 12.0.